The lowest BCUT2D eigenvalue weighted by atomic mass is 9.94. The molecular formula is C19H27NO3. The predicted octanol–water partition coefficient (Wildman–Crippen LogP) is 3.15. The lowest BCUT2D eigenvalue weighted by molar-refractivity contribution is -0.238. The van der Waals surface area contributed by atoms with E-state index in [0.29, 0.717) is 0 Å². The first-order chi connectivity index (χ1) is 11.4. The zero-order chi connectivity index (χ0) is 15.9. The van der Waals surface area contributed by atoms with Gasteiger partial charge in [-0.3, -0.25) is 4.84 Å². The van der Waals surface area contributed by atoms with E-state index in [0.717, 1.165) is 51.5 Å². The molecule has 0 spiro atoms. The van der Waals surface area contributed by atoms with Crippen molar-refractivity contribution in [1.29, 1.82) is 0 Å². The van der Waals surface area contributed by atoms with Crippen LogP contribution >= 0.6 is 0 Å². The number of carbonyl (C=O) groups excluding carboxylic acids is 1. The van der Waals surface area contributed by atoms with Crippen molar-refractivity contribution in [2.75, 3.05) is 13.2 Å². The number of nitrogens with zero attached hydrogens (tertiary/aromatic N) is 1. The molecule has 1 unspecified atom stereocenters. The van der Waals surface area contributed by atoms with Gasteiger partial charge < -0.3 is 9.53 Å². The van der Waals surface area contributed by atoms with Gasteiger partial charge >= 0.3 is 0 Å². The number of hydroxylamine groups is 2. The molecule has 1 aromatic carbocycles. The van der Waals surface area contributed by atoms with Crippen LogP contribution in [0.4, 0.5) is 0 Å². The number of hydrogen-bond acceptors (Lipinski definition) is 4. The molecule has 1 aliphatic heterocycles. The van der Waals surface area contributed by atoms with Gasteiger partial charge in [-0.15, -0.1) is 0 Å². The van der Waals surface area contributed by atoms with Crippen molar-refractivity contribution in [1.82, 2.24) is 5.06 Å². The second-order valence-electron chi connectivity index (χ2n) is 6.56. The van der Waals surface area contributed by atoms with Gasteiger partial charge in [0, 0.05) is 6.54 Å². The van der Waals surface area contributed by atoms with Crippen molar-refractivity contribution in [3.63, 3.8) is 0 Å². The van der Waals surface area contributed by atoms with E-state index in [4.69, 9.17) is 9.57 Å². The monoisotopic (exact) mass is 317 g/mol. The minimum atomic E-state index is -0.0677. The third-order valence-electron chi connectivity index (χ3n) is 4.88. The van der Waals surface area contributed by atoms with Crippen LogP contribution in [0, 0.1) is 0 Å². The zero-order valence-electron chi connectivity index (χ0n) is 13.7. The van der Waals surface area contributed by atoms with Crippen molar-refractivity contribution in [2.45, 2.75) is 63.2 Å². The van der Waals surface area contributed by atoms with Crippen LogP contribution < -0.4 is 0 Å². The minimum Gasteiger partial charge on any atom is -0.375 e. The standard InChI is InChI=1S/C19H27NO3/c21-15-17-9-6-13-20(17)23-19-11-5-4-10-18(19)22-14-12-16-7-2-1-3-8-16/h1-3,7-8,15,17-19H,4-6,9-14H2/t17-,18+,19?/m0/s1. The van der Waals surface area contributed by atoms with E-state index in [1.165, 1.54) is 18.4 Å². The topological polar surface area (TPSA) is 38.8 Å². The summed E-state index contributed by atoms with van der Waals surface area (Å²) in [5.74, 6) is 0. The van der Waals surface area contributed by atoms with Gasteiger partial charge in [-0.2, -0.15) is 5.06 Å². The summed E-state index contributed by atoms with van der Waals surface area (Å²) in [7, 11) is 0. The molecule has 1 saturated carbocycles. The first-order valence-corrected chi connectivity index (χ1v) is 8.91. The van der Waals surface area contributed by atoms with Crippen molar-refractivity contribution < 1.29 is 14.4 Å². The molecule has 1 aliphatic carbocycles. The number of hydrogen-bond donors (Lipinski definition) is 0. The van der Waals surface area contributed by atoms with Crippen molar-refractivity contribution in [3.8, 4) is 0 Å². The van der Waals surface area contributed by atoms with Crippen LogP contribution in [0.25, 0.3) is 0 Å². The van der Waals surface area contributed by atoms with Gasteiger partial charge in [0.05, 0.1) is 18.8 Å². The maximum Gasteiger partial charge on any atom is 0.139 e. The molecule has 4 heteroatoms. The van der Waals surface area contributed by atoms with Crippen molar-refractivity contribution in [3.05, 3.63) is 35.9 Å². The quantitative estimate of drug-likeness (QED) is 0.724. The van der Waals surface area contributed by atoms with Gasteiger partial charge in [-0.05, 0) is 37.7 Å². The minimum absolute atomic E-state index is 0.0677. The number of aldehydes is 1. The van der Waals surface area contributed by atoms with Crippen LogP contribution in [0.3, 0.4) is 0 Å². The first-order valence-electron chi connectivity index (χ1n) is 8.91. The Labute approximate surface area is 138 Å². The summed E-state index contributed by atoms with van der Waals surface area (Å²) in [6.07, 6.45) is 8.62. The SMILES string of the molecule is O=C[C@@H]1CCCN1OC1CCCC[C@H]1OCCc1ccccc1. The molecule has 3 rings (SSSR count). The van der Waals surface area contributed by atoms with E-state index in [1.807, 2.05) is 11.1 Å². The summed E-state index contributed by atoms with van der Waals surface area (Å²) >= 11 is 0. The lowest BCUT2D eigenvalue weighted by Crippen LogP contribution is -2.42. The van der Waals surface area contributed by atoms with Gasteiger partial charge in [-0.1, -0.05) is 43.2 Å². The molecule has 0 amide bonds. The second kappa shape index (κ2) is 8.57. The van der Waals surface area contributed by atoms with Gasteiger partial charge in [0.1, 0.15) is 12.4 Å². The third-order valence-corrected chi connectivity index (χ3v) is 4.88. The van der Waals surface area contributed by atoms with Crippen LogP contribution in [0.5, 0.6) is 0 Å². The summed E-state index contributed by atoms with van der Waals surface area (Å²) in [5.41, 5.74) is 1.31. The van der Waals surface area contributed by atoms with Crippen LogP contribution in [-0.4, -0.2) is 42.8 Å². The Morgan fingerprint density at radius 3 is 2.61 bits per heavy atom. The number of benzene rings is 1. The Balaban J connectivity index is 1.49. The highest BCUT2D eigenvalue weighted by Crippen LogP contribution is 2.27. The Morgan fingerprint density at radius 2 is 1.83 bits per heavy atom. The molecule has 0 radical (unpaired) electrons. The number of carbonyl (C=O) groups is 1. The van der Waals surface area contributed by atoms with Gasteiger partial charge in [0.2, 0.25) is 0 Å². The fourth-order valence-electron chi connectivity index (χ4n) is 3.55. The third kappa shape index (κ3) is 4.63. The molecule has 23 heavy (non-hydrogen) atoms. The Bertz CT molecular complexity index is 479. The van der Waals surface area contributed by atoms with E-state index < -0.39 is 0 Å². The summed E-state index contributed by atoms with van der Waals surface area (Å²) in [5, 5.41) is 1.89. The highest BCUT2D eigenvalue weighted by atomic mass is 16.7. The molecular weight excluding hydrogens is 290 g/mol. The summed E-state index contributed by atoms with van der Waals surface area (Å²) in [6, 6.07) is 10.4. The molecule has 2 fully saturated rings. The van der Waals surface area contributed by atoms with Gasteiger partial charge in [-0.25, -0.2) is 0 Å². The molecule has 126 valence electrons. The molecule has 0 N–H and O–H groups in total. The molecule has 4 nitrogen and oxygen atoms in total. The lowest BCUT2D eigenvalue weighted by Gasteiger charge is -2.34. The van der Waals surface area contributed by atoms with E-state index in [2.05, 4.69) is 24.3 Å². The average Bonchev–Trinajstić information content (AvgIpc) is 3.04. The van der Waals surface area contributed by atoms with Crippen LogP contribution in [0.2, 0.25) is 0 Å². The van der Waals surface area contributed by atoms with Crippen LogP contribution in [-0.2, 0) is 20.8 Å². The summed E-state index contributed by atoms with van der Waals surface area (Å²) in [4.78, 5) is 17.3. The molecule has 1 aromatic rings. The molecule has 1 heterocycles. The van der Waals surface area contributed by atoms with Gasteiger partial charge in [0.15, 0.2) is 0 Å². The highest BCUT2D eigenvalue weighted by molar-refractivity contribution is 5.57. The highest BCUT2D eigenvalue weighted by Gasteiger charge is 2.33. The molecule has 2 aliphatic rings. The first kappa shape index (κ1) is 16.6. The van der Waals surface area contributed by atoms with Crippen molar-refractivity contribution in [2.24, 2.45) is 0 Å². The zero-order valence-corrected chi connectivity index (χ0v) is 13.7. The Kier molecular flexibility index (Phi) is 6.20. The molecule has 0 bridgehead atoms. The smallest absolute Gasteiger partial charge is 0.139 e. The maximum atomic E-state index is 11.1. The molecule has 3 atom stereocenters. The van der Waals surface area contributed by atoms with Crippen LogP contribution in [0.15, 0.2) is 30.3 Å². The maximum absolute atomic E-state index is 11.1. The van der Waals surface area contributed by atoms with E-state index in [1.54, 1.807) is 0 Å². The predicted molar refractivity (Wildman–Crippen MR) is 89.0 cm³/mol. The number of ether oxygens (including phenoxy) is 1. The molecule has 1 saturated heterocycles. The Morgan fingerprint density at radius 1 is 1.04 bits per heavy atom. The van der Waals surface area contributed by atoms with E-state index in [-0.39, 0.29) is 18.2 Å². The Hall–Kier alpha value is -1.23. The van der Waals surface area contributed by atoms with E-state index in [9.17, 15) is 4.79 Å². The van der Waals surface area contributed by atoms with E-state index >= 15 is 0 Å². The van der Waals surface area contributed by atoms with Gasteiger partial charge in [0.25, 0.3) is 0 Å². The second-order valence-corrected chi connectivity index (χ2v) is 6.56. The summed E-state index contributed by atoms with van der Waals surface area (Å²) in [6.45, 7) is 1.59. The van der Waals surface area contributed by atoms with Crippen LogP contribution in [0.1, 0.15) is 44.1 Å². The average molecular weight is 317 g/mol. The molecule has 0 aromatic heterocycles. The fraction of sp³-hybridized carbons (Fsp3) is 0.632. The number of rotatable bonds is 7. The summed E-state index contributed by atoms with van der Waals surface area (Å²) < 4.78 is 6.14. The fourth-order valence-corrected chi connectivity index (χ4v) is 3.55. The largest absolute Gasteiger partial charge is 0.375 e. The normalized spacial score (nSPS) is 28.8. The van der Waals surface area contributed by atoms with Crippen molar-refractivity contribution >= 4 is 6.29 Å².